The van der Waals surface area contributed by atoms with Gasteiger partial charge in [-0.3, -0.25) is 0 Å². The molecule has 5 nitrogen and oxygen atoms in total. The van der Waals surface area contributed by atoms with E-state index in [2.05, 4.69) is 31.4 Å². The Kier molecular flexibility index (Phi) is 3.56. The van der Waals surface area contributed by atoms with Gasteiger partial charge >= 0.3 is 0 Å². The number of para-hydroxylation sites is 1. The number of hydrogen-bond acceptors (Lipinski definition) is 5. The lowest BCUT2D eigenvalue weighted by molar-refractivity contribution is 0.495. The van der Waals surface area contributed by atoms with Gasteiger partial charge in [0, 0.05) is 12.6 Å². The minimum atomic E-state index is 0.506. The summed E-state index contributed by atoms with van der Waals surface area (Å²) >= 11 is 3.28. The Morgan fingerprint density at radius 2 is 1.95 bits per heavy atom. The molecule has 2 heterocycles. The molecule has 0 aliphatic heterocycles. The smallest absolute Gasteiger partial charge is 0.249 e. The fraction of sp³-hybridized carbons (Fsp3) is 0.143. The van der Waals surface area contributed by atoms with E-state index in [9.17, 15) is 0 Å². The summed E-state index contributed by atoms with van der Waals surface area (Å²) in [7, 11) is 0. The molecule has 0 amide bonds. The van der Waals surface area contributed by atoms with Gasteiger partial charge in [0.05, 0.1) is 12.1 Å². The molecular formula is C14H12BrN3O2. The van der Waals surface area contributed by atoms with E-state index in [1.807, 2.05) is 36.4 Å². The molecule has 3 rings (SSSR count). The molecule has 6 heteroatoms. The van der Waals surface area contributed by atoms with E-state index >= 15 is 0 Å². The Labute approximate surface area is 124 Å². The normalized spacial score (nSPS) is 10.7. The molecule has 0 radical (unpaired) electrons. The van der Waals surface area contributed by atoms with Crippen molar-refractivity contribution in [1.82, 2.24) is 10.2 Å². The Morgan fingerprint density at radius 1 is 1.10 bits per heavy atom. The quantitative estimate of drug-likeness (QED) is 0.781. The summed E-state index contributed by atoms with van der Waals surface area (Å²) in [5.41, 5.74) is 1.79. The molecule has 20 heavy (non-hydrogen) atoms. The number of hydrogen-bond donors (Lipinski definition) is 1. The molecule has 0 bridgehead atoms. The number of furan rings is 1. The minimum Gasteiger partial charge on any atom is -0.452 e. The van der Waals surface area contributed by atoms with Gasteiger partial charge in [0.1, 0.15) is 5.76 Å². The number of aryl methyl sites for hydroxylation is 1. The molecule has 0 atom stereocenters. The van der Waals surface area contributed by atoms with E-state index < -0.39 is 0 Å². The summed E-state index contributed by atoms with van der Waals surface area (Å²) in [6.07, 6.45) is 0. The highest BCUT2D eigenvalue weighted by atomic mass is 79.9. The molecule has 0 aliphatic carbocycles. The average Bonchev–Trinajstić information content (AvgIpc) is 3.06. The molecule has 1 N–H and O–H groups in total. The van der Waals surface area contributed by atoms with E-state index in [0.717, 1.165) is 21.7 Å². The second-order valence-electron chi connectivity index (χ2n) is 4.23. The van der Waals surface area contributed by atoms with Gasteiger partial charge in [0.25, 0.3) is 0 Å². The molecule has 1 aromatic carbocycles. The standard InChI is InChI=1S/C14H12BrN3O2/c1-9-17-18-14(19-9)11-4-2-3-5-12(11)16-8-10-6-7-13(15)20-10/h2-7,16H,8H2,1H3. The molecular weight excluding hydrogens is 322 g/mol. The average molecular weight is 334 g/mol. The zero-order valence-electron chi connectivity index (χ0n) is 10.8. The number of aromatic nitrogens is 2. The molecule has 0 aliphatic rings. The summed E-state index contributed by atoms with van der Waals surface area (Å²) in [5, 5.41) is 11.2. The van der Waals surface area contributed by atoms with E-state index in [0.29, 0.717) is 18.3 Å². The first-order chi connectivity index (χ1) is 9.72. The fourth-order valence-electron chi connectivity index (χ4n) is 1.86. The van der Waals surface area contributed by atoms with E-state index in [4.69, 9.17) is 8.83 Å². The first kappa shape index (κ1) is 12.9. The van der Waals surface area contributed by atoms with Crippen LogP contribution < -0.4 is 5.32 Å². The van der Waals surface area contributed by atoms with Crippen LogP contribution in [-0.4, -0.2) is 10.2 Å². The number of anilines is 1. The summed E-state index contributed by atoms with van der Waals surface area (Å²) in [5.74, 6) is 1.89. The highest BCUT2D eigenvalue weighted by molar-refractivity contribution is 9.10. The van der Waals surface area contributed by atoms with Crippen molar-refractivity contribution in [3.05, 3.63) is 52.7 Å². The second-order valence-corrected chi connectivity index (χ2v) is 5.01. The third kappa shape index (κ3) is 2.75. The highest BCUT2D eigenvalue weighted by Gasteiger charge is 2.11. The topological polar surface area (TPSA) is 64.1 Å². The van der Waals surface area contributed by atoms with E-state index in [1.54, 1.807) is 6.92 Å². The maximum atomic E-state index is 5.47. The molecule has 0 fully saturated rings. The predicted molar refractivity (Wildman–Crippen MR) is 78.2 cm³/mol. The van der Waals surface area contributed by atoms with Crippen LogP contribution in [0.3, 0.4) is 0 Å². The Hall–Kier alpha value is -2.08. The third-order valence-corrected chi connectivity index (χ3v) is 3.19. The van der Waals surface area contributed by atoms with Gasteiger partial charge in [0.2, 0.25) is 11.8 Å². The zero-order valence-corrected chi connectivity index (χ0v) is 12.3. The molecule has 0 unspecified atom stereocenters. The fourth-order valence-corrected chi connectivity index (χ4v) is 2.20. The predicted octanol–water partition coefficient (Wildman–Crippen LogP) is 4.01. The van der Waals surface area contributed by atoms with Crippen LogP contribution in [0.4, 0.5) is 5.69 Å². The summed E-state index contributed by atoms with van der Waals surface area (Å²) in [6.45, 7) is 2.35. The van der Waals surface area contributed by atoms with Crippen molar-refractivity contribution < 1.29 is 8.83 Å². The van der Waals surface area contributed by atoms with Crippen molar-refractivity contribution in [2.75, 3.05) is 5.32 Å². The lowest BCUT2D eigenvalue weighted by Gasteiger charge is -2.08. The van der Waals surface area contributed by atoms with Gasteiger partial charge in [-0.05, 0) is 40.2 Å². The minimum absolute atomic E-state index is 0.506. The largest absolute Gasteiger partial charge is 0.452 e. The monoisotopic (exact) mass is 333 g/mol. The number of nitrogens with one attached hydrogen (secondary N) is 1. The van der Waals surface area contributed by atoms with Crippen LogP contribution in [0, 0.1) is 6.92 Å². The van der Waals surface area contributed by atoms with Crippen molar-refractivity contribution in [1.29, 1.82) is 0 Å². The van der Waals surface area contributed by atoms with Crippen LogP contribution in [-0.2, 0) is 6.54 Å². The zero-order chi connectivity index (χ0) is 13.9. The number of halogens is 1. The maximum Gasteiger partial charge on any atom is 0.249 e. The van der Waals surface area contributed by atoms with Crippen LogP contribution >= 0.6 is 15.9 Å². The van der Waals surface area contributed by atoms with Gasteiger partial charge in [0.15, 0.2) is 4.67 Å². The Balaban J connectivity index is 1.83. The first-order valence-electron chi connectivity index (χ1n) is 6.10. The van der Waals surface area contributed by atoms with Crippen LogP contribution in [0.25, 0.3) is 11.5 Å². The summed E-state index contributed by atoms with van der Waals surface area (Å²) in [6, 6.07) is 11.6. The maximum absolute atomic E-state index is 5.47. The third-order valence-electron chi connectivity index (χ3n) is 2.77. The summed E-state index contributed by atoms with van der Waals surface area (Å²) in [4.78, 5) is 0. The highest BCUT2D eigenvalue weighted by Crippen LogP contribution is 2.27. The van der Waals surface area contributed by atoms with Gasteiger partial charge in [-0.25, -0.2) is 0 Å². The number of rotatable bonds is 4. The number of benzene rings is 1. The Morgan fingerprint density at radius 3 is 2.65 bits per heavy atom. The molecule has 102 valence electrons. The van der Waals surface area contributed by atoms with Gasteiger partial charge in [-0.2, -0.15) is 0 Å². The summed E-state index contributed by atoms with van der Waals surface area (Å²) < 4.78 is 11.6. The van der Waals surface area contributed by atoms with Crippen LogP contribution in [0.15, 0.2) is 49.9 Å². The second kappa shape index (κ2) is 5.50. The van der Waals surface area contributed by atoms with Gasteiger partial charge in [-0.1, -0.05) is 12.1 Å². The van der Waals surface area contributed by atoms with Crippen molar-refractivity contribution in [2.24, 2.45) is 0 Å². The van der Waals surface area contributed by atoms with Crippen molar-refractivity contribution >= 4 is 21.6 Å². The molecule has 0 spiro atoms. The van der Waals surface area contributed by atoms with Gasteiger partial charge < -0.3 is 14.2 Å². The first-order valence-corrected chi connectivity index (χ1v) is 6.89. The van der Waals surface area contributed by atoms with Gasteiger partial charge in [-0.15, -0.1) is 10.2 Å². The molecule has 2 aromatic heterocycles. The molecule has 3 aromatic rings. The van der Waals surface area contributed by atoms with Crippen molar-refractivity contribution in [2.45, 2.75) is 13.5 Å². The SMILES string of the molecule is Cc1nnc(-c2ccccc2NCc2ccc(Br)o2)o1. The van der Waals surface area contributed by atoms with Crippen LogP contribution in [0.2, 0.25) is 0 Å². The van der Waals surface area contributed by atoms with Crippen molar-refractivity contribution in [3.63, 3.8) is 0 Å². The molecule has 0 saturated heterocycles. The molecule has 0 saturated carbocycles. The van der Waals surface area contributed by atoms with E-state index in [-0.39, 0.29) is 0 Å². The lowest BCUT2D eigenvalue weighted by atomic mass is 10.1. The van der Waals surface area contributed by atoms with E-state index in [1.165, 1.54) is 0 Å². The van der Waals surface area contributed by atoms with Crippen LogP contribution in [0.1, 0.15) is 11.7 Å². The van der Waals surface area contributed by atoms with Crippen molar-refractivity contribution in [3.8, 4) is 11.5 Å². The van der Waals surface area contributed by atoms with Crippen LogP contribution in [0.5, 0.6) is 0 Å². The Bertz CT molecular complexity index is 721. The lowest BCUT2D eigenvalue weighted by Crippen LogP contribution is -1.99. The number of nitrogens with zero attached hydrogens (tertiary/aromatic N) is 2.